The summed E-state index contributed by atoms with van der Waals surface area (Å²) in [7, 11) is 1.85. The number of carbonyl (C=O) groups is 1. The van der Waals surface area contributed by atoms with E-state index in [4.69, 9.17) is 14.7 Å². The lowest BCUT2D eigenvalue weighted by molar-refractivity contribution is -0.114. The van der Waals surface area contributed by atoms with Crippen LogP contribution in [0.15, 0.2) is 60.0 Å². The van der Waals surface area contributed by atoms with E-state index in [1.165, 1.54) is 12.1 Å². The molecule has 1 saturated heterocycles. The quantitative estimate of drug-likeness (QED) is 0.413. The maximum Gasteiger partial charge on any atom is 0.243 e. The van der Waals surface area contributed by atoms with Crippen molar-refractivity contribution in [3.63, 3.8) is 0 Å². The first-order valence-electron chi connectivity index (χ1n) is 11.5. The van der Waals surface area contributed by atoms with Crippen molar-refractivity contribution in [1.82, 2.24) is 14.9 Å². The Bertz CT molecular complexity index is 1320. The van der Waals surface area contributed by atoms with E-state index >= 15 is 0 Å². The highest BCUT2D eigenvalue weighted by molar-refractivity contribution is 7.17. The summed E-state index contributed by atoms with van der Waals surface area (Å²) in [5.41, 5.74) is 2.53. The van der Waals surface area contributed by atoms with Crippen LogP contribution in [-0.4, -0.2) is 60.7 Å². The minimum Gasteiger partial charge on any atom is -0.379 e. The van der Waals surface area contributed by atoms with Crippen molar-refractivity contribution >= 4 is 39.0 Å². The van der Waals surface area contributed by atoms with E-state index in [1.807, 2.05) is 30.1 Å². The molecule has 0 saturated carbocycles. The Morgan fingerprint density at radius 2 is 1.94 bits per heavy atom. The number of nitrogens with zero attached hydrogens (tertiary/aromatic N) is 4. The van der Waals surface area contributed by atoms with Crippen LogP contribution in [0.3, 0.4) is 0 Å². The molecular formula is C26H26FN5O2S. The summed E-state index contributed by atoms with van der Waals surface area (Å²) in [5.74, 6) is 0.768. The molecule has 2 aromatic carbocycles. The van der Waals surface area contributed by atoms with Gasteiger partial charge < -0.3 is 15.0 Å². The van der Waals surface area contributed by atoms with Crippen LogP contribution in [0.5, 0.6) is 0 Å². The van der Waals surface area contributed by atoms with Crippen LogP contribution in [0.4, 0.5) is 15.9 Å². The summed E-state index contributed by atoms with van der Waals surface area (Å²) in [4.78, 5) is 27.6. The van der Waals surface area contributed by atoms with Crippen molar-refractivity contribution in [2.24, 2.45) is 0 Å². The van der Waals surface area contributed by atoms with Crippen molar-refractivity contribution < 1.29 is 13.9 Å². The van der Waals surface area contributed by atoms with Crippen LogP contribution >= 0.6 is 11.3 Å². The second-order valence-corrected chi connectivity index (χ2v) is 9.32. The summed E-state index contributed by atoms with van der Waals surface area (Å²) >= 11 is 1.58. The zero-order valence-corrected chi connectivity index (χ0v) is 20.2. The molecule has 9 heteroatoms. The molecule has 1 amide bonds. The number of anilines is 2. The summed E-state index contributed by atoms with van der Waals surface area (Å²) in [6.45, 7) is 3.75. The number of benzene rings is 2. The van der Waals surface area contributed by atoms with Crippen LogP contribution in [0, 0.1) is 5.82 Å². The molecule has 1 fully saturated rings. The summed E-state index contributed by atoms with van der Waals surface area (Å²) in [5, 5.41) is 5.79. The maximum absolute atomic E-state index is 13.5. The number of fused-ring (bicyclic) bond motifs is 1. The number of carbonyl (C=O) groups excluding carboxylic acids is 1. The lowest BCUT2D eigenvalue weighted by Gasteiger charge is -2.26. The normalized spacial score (nSPS) is 14.2. The number of rotatable bonds is 7. The van der Waals surface area contributed by atoms with Gasteiger partial charge in [0.2, 0.25) is 5.91 Å². The SMILES string of the molecule is CN(CC(=O)Nc1cccc(F)c1)c1nc(CN2CCOCC2)nc2scc(-c3ccccc3)c12. The van der Waals surface area contributed by atoms with Crippen LogP contribution in [0.2, 0.25) is 0 Å². The maximum atomic E-state index is 13.5. The van der Waals surface area contributed by atoms with Gasteiger partial charge in [0, 0.05) is 36.8 Å². The molecule has 0 spiro atoms. The third-order valence-electron chi connectivity index (χ3n) is 5.87. The predicted octanol–water partition coefficient (Wildman–Crippen LogP) is 4.40. The molecule has 4 aromatic rings. The molecule has 0 radical (unpaired) electrons. The highest BCUT2D eigenvalue weighted by Crippen LogP contribution is 2.38. The number of thiophene rings is 1. The van der Waals surface area contributed by atoms with E-state index in [2.05, 4.69) is 27.7 Å². The highest BCUT2D eigenvalue weighted by Gasteiger charge is 2.21. The summed E-state index contributed by atoms with van der Waals surface area (Å²) in [6, 6.07) is 16.0. The van der Waals surface area contributed by atoms with E-state index in [0.717, 1.165) is 34.4 Å². The topological polar surface area (TPSA) is 70.6 Å². The average Bonchev–Trinajstić information content (AvgIpc) is 3.28. The van der Waals surface area contributed by atoms with Gasteiger partial charge >= 0.3 is 0 Å². The van der Waals surface area contributed by atoms with Crippen LogP contribution < -0.4 is 10.2 Å². The number of hydrogen-bond donors (Lipinski definition) is 1. The Hall–Kier alpha value is -3.40. The minimum atomic E-state index is -0.396. The fourth-order valence-electron chi connectivity index (χ4n) is 4.16. The average molecular weight is 492 g/mol. The molecule has 2 aromatic heterocycles. The van der Waals surface area contributed by atoms with E-state index in [-0.39, 0.29) is 12.5 Å². The fraction of sp³-hybridized carbons (Fsp3) is 0.269. The second-order valence-electron chi connectivity index (χ2n) is 8.46. The predicted molar refractivity (Wildman–Crippen MR) is 137 cm³/mol. The van der Waals surface area contributed by atoms with E-state index in [0.29, 0.717) is 37.1 Å². The third kappa shape index (κ3) is 5.48. The van der Waals surface area contributed by atoms with Gasteiger partial charge in [-0.25, -0.2) is 14.4 Å². The van der Waals surface area contributed by atoms with Crippen molar-refractivity contribution in [2.45, 2.75) is 6.54 Å². The molecule has 180 valence electrons. The number of aromatic nitrogens is 2. The molecular weight excluding hydrogens is 465 g/mol. The Kier molecular flexibility index (Phi) is 6.98. The van der Waals surface area contributed by atoms with Crippen LogP contribution in [-0.2, 0) is 16.1 Å². The van der Waals surface area contributed by atoms with E-state index in [1.54, 1.807) is 23.5 Å². The molecule has 0 bridgehead atoms. The van der Waals surface area contributed by atoms with Crippen molar-refractivity contribution in [2.75, 3.05) is 50.1 Å². The zero-order chi connectivity index (χ0) is 24.2. The largest absolute Gasteiger partial charge is 0.379 e. The Balaban J connectivity index is 1.47. The number of likely N-dealkylation sites (N-methyl/N-ethyl adjacent to an activating group) is 1. The van der Waals surface area contributed by atoms with Crippen molar-refractivity contribution in [3.05, 3.63) is 71.6 Å². The molecule has 7 nitrogen and oxygen atoms in total. The molecule has 0 unspecified atom stereocenters. The van der Waals surface area contributed by atoms with Gasteiger partial charge in [-0.05, 0) is 23.8 Å². The first kappa shape index (κ1) is 23.3. The van der Waals surface area contributed by atoms with Crippen LogP contribution in [0.1, 0.15) is 5.82 Å². The third-order valence-corrected chi connectivity index (χ3v) is 6.74. The van der Waals surface area contributed by atoms with Gasteiger partial charge in [0.05, 0.1) is 31.7 Å². The van der Waals surface area contributed by atoms with E-state index < -0.39 is 5.82 Å². The minimum absolute atomic E-state index is 0.0592. The smallest absolute Gasteiger partial charge is 0.243 e. The summed E-state index contributed by atoms with van der Waals surface area (Å²) in [6.07, 6.45) is 0. The van der Waals surface area contributed by atoms with Crippen LogP contribution in [0.25, 0.3) is 21.3 Å². The van der Waals surface area contributed by atoms with Gasteiger partial charge in [0.1, 0.15) is 22.3 Å². The molecule has 3 heterocycles. The Morgan fingerprint density at radius 3 is 2.71 bits per heavy atom. The van der Waals surface area contributed by atoms with Crippen molar-refractivity contribution in [1.29, 1.82) is 0 Å². The van der Waals surface area contributed by atoms with Gasteiger partial charge in [0.15, 0.2) is 0 Å². The fourth-order valence-corrected chi connectivity index (χ4v) is 5.12. The first-order chi connectivity index (χ1) is 17.1. The Morgan fingerprint density at radius 1 is 1.14 bits per heavy atom. The molecule has 0 aliphatic carbocycles. The highest BCUT2D eigenvalue weighted by atomic mass is 32.1. The van der Waals surface area contributed by atoms with Crippen molar-refractivity contribution in [3.8, 4) is 11.1 Å². The van der Waals surface area contributed by atoms with Gasteiger partial charge in [-0.3, -0.25) is 9.69 Å². The second kappa shape index (κ2) is 10.5. The number of nitrogens with one attached hydrogen (secondary N) is 1. The van der Waals surface area contributed by atoms with Gasteiger partial charge in [-0.15, -0.1) is 11.3 Å². The first-order valence-corrected chi connectivity index (χ1v) is 12.3. The number of ether oxygens (including phenoxy) is 1. The molecule has 35 heavy (non-hydrogen) atoms. The van der Waals surface area contributed by atoms with Gasteiger partial charge in [0.25, 0.3) is 0 Å². The van der Waals surface area contributed by atoms with E-state index in [9.17, 15) is 9.18 Å². The monoisotopic (exact) mass is 491 g/mol. The lowest BCUT2D eigenvalue weighted by Crippen LogP contribution is -2.36. The lowest BCUT2D eigenvalue weighted by atomic mass is 10.1. The molecule has 5 rings (SSSR count). The molecule has 1 aliphatic heterocycles. The molecule has 0 atom stereocenters. The molecule has 1 aliphatic rings. The number of amides is 1. The number of morpholine rings is 1. The summed E-state index contributed by atoms with van der Waals surface area (Å²) < 4.78 is 19.0. The standard InChI is InChI=1S/C26H26FN5O2S/c1-31(16-23(33)28-20-9-5-8-19(27)14-20)25-24-21(18-6-3-2-4-7-18)17-35-26(24)30-22(29-25)15-32-10-12-34-13-11-32/h2-9,14,17H,10-13,15-16H2,1H3,(H,28,33). The zero-order valence-electron chi connectivity index (χ0n) is 19.4. The van der Waals surface area contributed by atoms with Gasteiger partial charge in [-0.1, -0.05) is 36.4 Å². The number of halogens is 1. The molecule has 1 N–H and O–H groups in total. The van der Waals surface area contributed by atoms with Gasteiger partial charge in [-0.2, -0.15) is 0 Å². The Labute approximate surface area is 207 Å². The number of hydrogen-bond acceptors (Lipinski definition) is 7.